The van der Waals surface area contributed by atoms with E-state index in [4.69, 9.17) is 4.74 Å². The number of thiazole rings is 1. The molecule has 3 nitrogen and oxygen atoms in total. The van der Waals surface area contributed by atoms with Crippen LogP contribution in [-0.4, -0.2) is 19.1 Å². The largest absolute Gasteiger partial charge is 0.496 e. The fourth-order valence-electron chi connectivity index (χ4n) is 2.04. The molecule has 1 aromatic heterocycles. The third-order valence-electron chi connectivity index (χ3n) is 3.22. The van der Waals surface area contributed by atoms with Crippen LogP contribution in [0.1, 0.15) is 31.3 Å². The van der Waals surface area contributed by atoms with Crippen molar-refractivity contribution >= 4 is 11.3 Å². The van der Waals surface area contributed by atoms with Crippen LogP contribution in [0.2, 0.25) is 0 Å². The molecule has 1 heterocycles. The lowest BCUT2D eigenvalue weighted by Gasteiger charge is -2.20. The predicted molar refractivity (Wildman–Crippen MR) is 85.6 cm³/mol. The molecule has 0 bridgehead atoms. The fourth-order valence-corrected chi connectivity index (χ4v) is 2.85. The van der Waals surface area contributed by atoms with Crippen molar-refractivity contribution in [2.45, 2.75) is 32.7 Å². The van der Waals surface area contributed by atoms with Gasteiger partial charge >= 0.3 is 0 Å². The highest BCUT2D eigenvalue weighted by Crippen LogP contribution is 2.35. The zero-order valence-electron chi connectivity index (χ0n) is 12.8. The number of ether oxygens (including phenoxy) is 1. The Bertz CT molecular complexity index is 584. The summed E-state index contributed by atoms with van der Waals surface area (Å²) in [7, 11) is 3.64. The number of nitrogens with one attached hydrogen (secondary N) is 1. The number of hydrogen-bond donors (Lipinski definition) is 1. The monoisotopic (exact) mass is 290 g/mol. The Labute approximate surface area is 125 Å². The highest BCUT2D eigenvalue weighted by Gasteiger charge is 2.17. The van der Waals surface area contributed by atoms with Gasteiger partial charge in [-0.25, -0.2) is 4.98 Å². The van der Waals surface area contributed by atoms with Crippen LogP contribution in [0.4, 0.5) is 0 Å². The molecule has 0 saturated carbocycles. The number of aromatic nitrogens is 1. The molecule has 2 aromatic rings. The zero-order valence-corrected chi connectivity index (χ0v) is 13.6. The summed E-state index contributed by atoms with van der Waals surface area (Å²) in [5.74, 6) is 0.874. The molecule has 1 aromatic carbocycles. The molecule has 108 valence electrons. The summed E-state index contributed by atoms with van der Waals surface area (Å²) < 4.78 is 5.49. The third kappa shape index (κ3) is 3.19. The lowest BCUT2D eigenvalue weighted by molar-refractivity contribution is 0.415. The molecule has 0 radical (unpaired) electrons. The molecule has 0 fully saturated rings. The van der Waals surface area contributed by atoms with Crippen molar-refractivity contribution < 1.29 is 4.74 Å². The van der Waals surface area contributed by atoms with E-state index in [0.29, 0.717) is 0 Å². The second kappa shape index (κ2) is 5.94. The number of rotatable bonds is 4. The zero-order chi connectivity index (χ0) is 14.8. The molecule has 1 N–H and O–H groups in total. The third-order valence-corrected chi connectivity index (χ3v) is 4.07. The van der Waals surface area contributed by atoms with Gasteiger partial charge in [-0.05, 0) is 30.2 Å². The van der Waals surface area contributed by atoms with Crippen LogP contribution in [0.25, 0.3) is 11.3 Å². The normalized spacial score (nSPS) is 11.7. The summed E-state index contributed by atoms with van der Waals surface area (Å²) in [5.41, 5.74) is 3.46. The van der Waals surface area contributed by atoms with Gasteiger partial charge in [0, 0.05) is 17.5 Å². The molecule has 0 aliphatic carbocycles. The van der Waals surface area contributed by atoms with Gasteiger partial charge < -0.3 is 10.1 Å². The van der Waals surface area contributed by atoms with Crippen molar-refractivity contribution in [1.82, 2.24) is 10.3 Å². The number of hydrogen-bond acceptors (Lipinski definition) is 4. The van der Waals surface area contributed by atoms with Crippen LogP contribution in [-0.2, 0) is 12.0 Å². The molecule has 2 rings (SSSR count). The SMILES string of the molecule is CNCc1nc(-c2cc(C(C)(C)C)ccc2OC)cs1. The summed E-state index contributed by atoms with van der Waals surface area (Å²) in [6.07, 6.45) is 0. The summed E-state index contributed by atoms with van der Waals surface area (Å²) in [6, 6.07) is 6.35. The van der Waals surface area contributed by atoms with Crippen LogP contribution < -0.4 is 10.1 Å². The van der Waals surface area contributed by atoms with Crippen molar-refractivity contribution in [1.29, 1.82) is 0 Å². The molecule has 4 heteroatoms. The molecular formula is C16H22N2OS. The minimum Gasteiger partial charge on any atom is -0.496 e. The van der Waals surface area contributed by atoms with E-state index in [1.165, 1.54) is 5.56 Å². The molecule has 0 aliphatic rings. The first kappa shape index (κ1) is 15.0. The topological polar surface area (TPSA) is 34.2 Å². The highest BCUT2D eigenvalue weighted by molar-refractivity contribution is 7.09. The molecular weight excluding hydrogens is 268 g/mol. The van der Waals surface area contributed by atoms with Gasteiger partial charge in [0.25, 0.3) is 0 Å². The molecule has 0 saturated heterocycles. The summed E-state index contributed by atoms with van der Waals surface area (Å²) in [6.45, 7) is 7.44. The van der Waals surface area contributed by atoms with Gasteiger partial charge in [0.1, 0.15) is 10.8 Å². The second-order valence-corrected chi connectivity index (χ2v) is 6.76. The quantitative estimate of drug-likeness (QED) is 0.929. The van der Waals surface area contributed by atoms with E-state index < -0.39 is 0 Å². The van der Waals surface area contributed by atoms with E-state index in [1.54, 1.807) is 18.4 Å². The molecule has 0 atom stereocenters. The van der Waals surface area contributed by atoms with E-state index in [-0.39, 0.29) is 5.41 Å². The summed E-state index contributed by atoms with van der Waals surface area (Å²) in [4.78, 5) is 4.68. The first-order valence-corrected chi connectivity index (χ1v) is 7.61. The van der Waals surface area contributed by atoms with Gasteiger partial charge in [-0.2, -0.15) is 0 Å². The van der Waals surface area contributed by atoms with Crippen molar-refractivity contribution in [3.05, 3.63) is 34.2 Å². The minimum atomic E-state index is 0.116. The summed E-state index contributed by atoms with van der Waals surface area (Å²) >= 11 is 1.67. The lowest BCUT2D eigenvalue weighted by atomic mass is 9.86. The predicted octanol–water partition coefficient (Wildman–Crippen LogP) is 3.84. The first-order valence-electron chi connectivity index (χ1n) is 6.73. The highest BCUT2D eigenvalue weighted by atomic mass is 32.1. The minimum absolute atomic E-state index is 0.116. The van der Waals surface area contributed by atoms with E-state index in [1.807, 2.05) is 13.1 Å². The Morgan fingerprint density at radius 1 is 1.30 bits per heavy atom. The lowest BCUT2D eigenvalue weighted by Crippen LogP contribution is -2.11. The Kier molecular flexibility index (Phi) is 4.45. The van der Waals surface area contributed by atoms with E-state index in [2.05, 4.69) is 48.6 Å². The number of methoxy groups -OCH3 is 1. The maximum Gasteiger partial charge on any atom is 0.128 e. The molecule has 0 amide bonds. The second-order valence-electron chi connectivity index (χ2n) is 5.82. The van der Waals surface area contributed by atoms with Crippen molar-refractivity contribution in [3.8, 4) is 17.0 Å². The van der Waals surface area contributed by atoms with Crippen LogP contribution in [0.15, 0.2) is 23.6 Å². The standard InChI is InChI=1S/C16H22N2OS/c1-16(2,3)11-6-7-14(19-5)12(8-11)13-10-20-15(18-13)9-17-4/h6-8,10,17H,9H2,1-5H3. The Balaban J connectivity index is 2.46. The van der Waals surface area contributed by atoms with Crippen molar-refractivity contribution in [3.63, 3.8) is 0 Å². The molecule has 20 heavy (non-hydrogen) atoms. The van der Waals surface area contributed by atoms with Crippen molar-refractivity contribution in [2.75, 3.05) is 14.2 Å². The van der Waals surface area contributed by atoms with Gasteiger partial charge in [-0.3, -0.25) is 0 Å². The van der Waals surface area contributed by atoms with Crippen LogP contribution >= 0.6 is 11.3 Å². The van der Waals surface area contributed by atoms with Crippen LogP contribution in [0.3, 0.4) is 0 Å². The Hall–Kier alpha value is -1.39. The van der Waals surface area contributed by atoms with Crippen LogP contribution in [0, 0.1) is 0 Å². The van der Waals surface area contributed by atoms with Gasteiger partial charge in [0.05, 0.1) is 12.8 Å². The van der Waals surface area contributed by atoms with Crippen LogP contribution in [0.5, 0.6) is 5.75 Å². The average Bonchev–Trinajstić information content (AvgIpc) is 2.86. The number of benzene rings is 1. The van der Waals surface area contributed by atoms with Gasteiger partial charge in [0.15, 0.2) is 0 Å². The maximum absolute atomic E-state index is 5.49. The molecule has 0 aliphatic heterocycles. The van der Waals surface area contributed by atoms with E-state index in [0.717, 1.165) is 28.6 Å². The first-order chi connectivity index (χ1) is 9.45. The smallest absolute Gasteiger partial charge is 0.128 e. The van der Waals surface area contributed by atoms with Gasteiger partial charge in [-0.1, -0.05) is 26.8 Å². The Morgan fingerprint density at radius 2 is 2.05 bits per heavy atom. The Morgan fingerprint density at radius 3 is 2.65 bits per heavy atom. The fraction of sp³-hybridized carbons (Fsp3) is 0.438. The summed E-state index contributed by atoms with van der Waals surface area (Å²) in [5, 5.41) is 6.31. The van der Waals surface area contributed by atoms with Gasteiger partial charge in [-0.15, -0.1) is 11.3 Å². The van der Waals surface area contributed by atoms with Crippen molar-refractivity contribution in [2.24, 2.45) is 0 Å². The molecule has 0 spiro atoms. The van der Waals surface area contributed by atoms with E-state index in [9.17, 15) is 0 Å². The number of nitrogens with zero attached hydrogens (tertiary/aromatic N) is 1. The molecule has 0 unspecified atom stereocenters. The maximum atomic E-state index is 5.49. The van der Waals surface area contributed by atoms with Gasteiger partial charge in [0.2, 0.25) is 0 Å². The van der Waals surface area contributed by atoms with E-state index >= 15 is 0 Å². The average molecular weight is 290 g/mol.